The van der Waals surface area contributed by atoms with Gasteiger partial charge in [0, 0.05) is 0 Å². The molecule has 1 amide bonds. The van der Waals surface area contributed by atoms with Crippen LogP contribution in [0.25, 0.3) is 0 Å². The van der Waals surface area contributed by atoms with Crippen molar-refractivity contribution < 1.29 is 19.4 Å². The van der Waals surface area contributed by atoms with Crippen LogP contribution in [0.2, 0.25) is 0 Å². The number of carboxylic acids is 1. The molecule has 25 heavy (non-hydrogen) atoms. The van der Waals surface area contributed by atoms with Crippen molar-refractivity contribution in [2.45, 2.75) is 26.8 Å². The Morgan fingerprint density at radius 2 is 1.64 bits per heavy atom. The predicted molar refractivity (Wildman–Crippen MR) is 95.5 cm³/mol. The molecule has 2 aromatic rings. The van der Waals surface area contributed by atoms with Gasteiger partial charge in [-0.05, 0) is 37.5 Å². The van der Waals surface area contributed by atoms with Crippen LogP contribution in [0.4, 0.5) is 0 Å². The molecule has 0 fully saturated rings. The summed E-state index contributed by atoms with van der Waals surface area (Å²) in [6, 6.07) is 14.2. The van der Waals surface area contributed by atoms with Gasteiger partial charge < -0.3 is 15.2 Å². The van der Waals surface area contributed by atoms with Crippen molar-refractivity contribution in [3.05, 3.63) is 65.2 Å². The number of rotatable bonds is 7. The van der Waals surface area contributed by atoms with Crippen molar-refractivity contribution >= 4 is 11.9 Å². The summed E-state index contributed by atoms with van der Waals surface area (Å²) in [5.41, 5.74) is 2.65. The highest BCUT2D eigenvalue weighted by atomic mass is 16.5. The molecule has 2 aromatic carbocycles. The molecule has 0 spiro atoms. The zero-order valence-electron chi connectivity index (χ0n) is 14.7. The number of carboxylic acid groups (broad SMARTS) is 1. The highest BCUT2D eigenvalue weighted by molar-refractivity contribution is 5.79. The molecular formula is C20H23NO4. The first kappa shape index (κ1) is 18.5. The van der Waals surface area contributed by atoms with E-state index in [0.29, 0.717) is 5.75 Å². The number of carbonyl (C=O) groups is 2. The molecule has 0 heterocycles. The van der Waals surface area contributed by atoms with Crippen LogP contribution in [0.1, 0.15) is 29.7 Å². The second kappa shape index (κ2) is 8.33. The van der Waals surface area contributed by atoms with Gasteiger partial charge in [0.05, 0.1) is 12.0 Å². The van der Waals surface area contributed by atoms with Crippen molar-refractivity contribution in [3.8, 4) is 5.75 Å². The van der Waals surface area contributed by atoms with Crippen LogP contribution >= 0.6 is 0 Å². The van der Waals surface area contributed by atoms with E-state index in [-0.39, 0.29) is 12.5 Å². The van der Waals surface area contributed by atoms with Gasteiger partial charge >= 0.3 is 5.97 Å². The predicted octanol–water partition coefficient (Wildman–Crippen LogP) is 3.26. The normalized spacial score (nSPS) is 12.9. The zero-order valence-corrected chi connectivity index (χ0v) is 14.7. The van der Waals surface area contributed by atoms with Gasteiger partial charge in [0.15, 0.2) is 6.61 Å². The fraction of sp³-hybridized carbons (Fsp3) is 0.300. The summed E-state index contributed by atoms with van der Waals surface area (Å²) in [6.07, 6.45) is 0. The average molecular weight is 341 g/mol. The quantitative estimate of drug-likeness (QED) is 0.810. The van der Waals surface area contributed by atoms with Crippen molar-refractivity contribution in [2.75, 3.05) is 6.61 Å². The van der Waals surface area contributed by atoms with Crippen molar-refractivity contribution in [1.82, 2.24) is 5.32 Å². The second-order valence-electron chi connectivity index (χ2n) is 6.09. The van der Waals surface area contributed by atoms with Crippen LogP contribution in [0.5, 0.6) is 5.75 Å². The third-order valence-electron chi connectivity index (χ3n) is 4.12. The van der Waals surface area contributed by atoms with Crippen LogP contribution in [-0.4, -0.2) is 23.6 Å². The van der Waals surface area contributed by atoms with Crippen molar-refractivity contribution in [1.29, 1.82) is 0 Å². The summed E-state index contributed by atoms with van der Waals surface area (Å²) >= 11 is 0. The molecule has 0 aliphatic rings. The second-order valence-corrected chi connectivity index (χ2v) is 6.09. The van der Waals surface area contributed by atoms with E-state index in [2.05, 4.69) is 5.32 Å². The maximum atomic E-state index is 12.3. The van der Waals surface area contributed by atoms with Gasteiger partial charge in [-0.15, -0.1) is 0 Å². The average Bonchev–Trinajstić information content (AvgIpc) is 2.59. The van der Waals surface area contributed by atoms with Gasteiger partial charge in [-0.1, -0.05) is 48.5 Å². The Balaban J connectivity index is 2.08. The van der Waals surface area contributed by atoms with E-state index >= 15 is 0 Å². The maximum absolute atomic E-state index is 12.3. The molecule has 0 saturated heterocycles. The Bertz CT molecular complexity index is 722. The number of ether oxygens (including phenoxy) is 1. The van der Waals surface area contributed by atoms with Crippen LogP contribution in [0.3, 0.4) is 0 Å². The summed E-state index contributed by atoms with van der Waals surface area (Å²) in [6.45, 7) is 5.24. The Morgan fingerprint density at radius 3 is 2.20 bits per heavy atom. The third kappa shape index (κ3) is 4.83. The number of benzene rings is 2. The van der Waals surface area contributed by atoms with E-state index in [9.17, 15) is 14.7 Å². The minimum absolute atomic E-state index is 0.165. The standard InChI is InChI=1S/C20H23NO4/c1-13-8-7-9-14(2)19(13)25-12-17(22)21-18(15(3)20(23)24)16-10-5-4-6-11-16/h4-11,15,18H,12H2,1-3H3,(H,21,22)(H,23,24). The fourth-order valence-electron chi connectivity index (χ4n) is 2.68. The number of aliphatic carboxylic acids is 1. The lowest BCUT2D eigenvalue weighted by atomic mass is 9.94. The molecule has 2 atom stereocenters. The molecule has 0 aliphatic carbocycles. The van der Waals surface area contributed by atoms with Gasteiger partial charge in [-0.25, -0.2) is 0 Å². The molecule has 0 aliphatic heterocycles. The monoisotopic (exact) mass is 341 g/mol. The van der Waals surface area contributed by atoms with E-state index in [4.69, 9.17) is 4.74 Å². The van der Waals surface area contributed by atoms with Gasteiger partial charge in [-0.2, -0.15) is 0 Å². The summed E-state index contributed by atoms with van der Waals surface area (Å²) in [5, 5.41) is 12.1. The molecule has 2 unspecified atom stereocenters. The first-order chi connectivity index (χ1) is 11.9. The summed E-state index contributed by atoms with van der Waals surface area (Å²) < 4.78 is 5.65. The summed E-state index contributed by atoms with van der Waals surface area (Å²) in [7, 11) is 0. The molecule has 5 nitrogen and oxygen atoms in total. The molecular weight excluding hydrogens is 318 g/mol. The number of amides is 1. The molecule has 132 valence electrons. The Morgan fingerprint density at radius 1 is 1.04 bits per heavy atom. The lowest BCUT2D eigenvalue weighted by Crippen LogP contribution is -2.38. The highest BCUT2D eigenvalue weighted by Crippen LogP contribution is 2.24. The Kier molecular flexibility index (Phi) is 6.17. The van der Waals surface area contributed by atoms with Crippen molar-refractivity contribution in [3.63, 3.8) is 0 Å². The van der Waals surface area contributed by atoms with Crippen molar-refractivity contribution in [2.24, 2.45) is 5.92 Å². The van der Waals surface area contributed by atoms with E-state index in [0.717, 1.165) is 16.7 Å². The summed E-state index contributed by atoms with van der Waals surface area (Å²) in [5.74, 6) is -1.40. The molecule has 0 bridgehead atoms. The summed E-state index contributed by atoms with van der Waals surface area (Å²) in [4.78, 5) is 23.7. The van der Waals surface area contributed by atoms with Crippen LogP contribution in [0.15, 0.2) is 48.5 Å². The number of aryl methyl sites for hydroxylation is 2. The SMILES string of the molecule is Cc1cccc(C)c1OCC(=O)NC(c1ccccc1)C(C)C(=O)O. The Labute approximate surface area is 147 Å². The molecule has 0 radical (unpaired) electrons. The number of carbonyl (C=O) groups excluding carboxylic acids is 1. The van der Waals surface area contributed by atoms with E-state index in [1.165, 1.54) is 0 Å². The molecule has 0 aromatic heterocycles. The largest absolute Gasteiger partial charge is 0.483 e. The maximum Gasteiger partial charge on any atom is 0.308 e. The van der Waals surface area contributed by atoms with Gasteiger partial charge in [0.1, 0.15) is 5.75 Å². The van der Waals surface area contributed by atoms with Gasteiger partial charge in [0.2, 0.25) is 0 Å². The topological polar surface area (TPSA) is 75.6 Å². The molecule has 0 saturated carbocycles. The van der Waals surface area contributed by atoms with Crippen LogP contribution in [0, 0.1) is 19.8 Å². The van der Waals surface area contributed by atoms with E-state index < -0.39 is 17.9 Å². The van der Waals surface area contributed by atoms with Crippen LogP contribution in [-0.2, 0) is 9.59 Å². The number of hydrogen-bond acceptors (Lipinski definition) is 3. The van der Waals surface area contributed by atoms with E-state index in [1.807, 2.05) is 50.2 Å². The molecule has 2 N–H and O–H groups in total. The van der Waals surface area contributed by atoms with Gasteiger partial charge in [-0.3, -0.25) is 9.59 Å². The zero-order chi connectivity index (χ0) is 18.4. The third-order valence-corrected chi connectivity index (χ3v) is 4.12. The highest BCUT2D eigenvalue weighted by Gasteiger charge is 2.26. The number of nitrogens with one attached hydrogen (secondary N) is 1. The van der Waals surface area contributed by atoms with Crippen LogP contribution < -0.4 is 10.1 Å². The first-order valence-electron chi connectivity index (χ1n) is 8.16. The smallest absolute Gasteiger partial charge is 0.308 e. The number of hydrogen-bond donors (Lipinski definition) is 2. The minimum atomic E-state index is -0.968. The lowest BCUT2D eigenvalue weighted by Gasteiger charge is -2.23. The van der Waals surface area contributed by atoms with Gasteiger partial charge in [0.25, 0.3) is 5.91 Å². The van der Waals surface area contributed by atoms with E-state index in [1.54, 1.807) is 19.1 Å². The number of para-hydroxylation sites is 1. The minimum Gasteiger partial charge on any atom is -0.483 e. The Hall–Kier alpha value is -2.82. The lowest BCUT2D eigenvalue weighted by molar-refractivity contribution is -0.142. The molecule has 2 rings (SSSR count). The molecule has 5 heteroatoms. The fourth-order valence-corrected chi connectivity index (χ4v) is 2.68. The first-order valence-corrected chi connectivity index (χ1v) is 8.16.